The number of halogens is 5. The minimum atomic E-state index is -4.47. The van der Waals surface area contributed by atoms with Crippen LogP contribution >= 0.6 is 23.2 Å². The van der Waals surface area contributed by atoms with Crippen molar-refractivity contribution in [3.8, 4) is 11.3 Å². The zero-order valence-electron chi connectivity index (χ0n) is 8.15. The number of nitrogens with one attached hydrogen (secondary N) is 1. The average molecular weight is 281 g/mol. The van der Waals surface area contributed by atoms with Crippen molar-refractivity contribution in [2.24, 2.45) is 0 Å². The Labute approximate surface area is 104 Å². The molecular formula is C10H5Cl2F3N2. The number of nitrogens with zero attached hydrogens (tertiary/aromatic N) is 1. The molecule has 1 aromatic heterocycles. The number of alkyl halides is 3. The summed E-state index contributed by atoms with van der Waals surface area (Å²) in [6.45, 7) is 0. The highest BCUT2D eigenvalue weighted by Gasteiger charge is 2.32. The summed E-state index contributed by atoms with van der Waals surface area (Å²) in [5, 5.41) is 6.13. The Morgan fingerprint density at radius 1 is 1.12 bits per heavy atom. The van der Waals surface area contributed by atoms with Crippen LogP contribution in [0, 0.1) is 0 Å². The van der Waals surface area contributed by atoms with Gasteiger partial charge in [-0.05, 0) is 18.2 Å². The molecule has 1 N–H and O–H groups in total. The second-order valence-corrected chi connectivity index (χ2v) is 4.10. The number of aromatic amines is 1. The minimum Gasteiger partial charge on any atom is -0.278 e. The predicted molar refractivity (Wildman–Crippen MR) is 59.0 cm³/mol. The van der Waals surface area contributed by atoms with E-state index in [0.717, 1.165) is 12.1 Å². The molecule has 0 radical (unpaired) electrons. The van der Waals surface area contributed by atoms with Crippen LogP contribution in [0.1, 0.15) is 5.56 Å². The summed E-state index contributed by atoms with van der Waals surface area (Å²) in [6.07, 6.45) is -3.01. The van der Waals surface area contributed by atoms with Crippen LogP contribution in [0.15, 0.2) is 24.4 Å². The third-order valence-electron chi connectivity index (χ3n) is 2.14. The molecule has 0 bridgehead atoms. The summed E-state index contributed by atoms with van der Waals surface area (Å²) in [4.78, 5) is 0. The van der Waals surface area contributed by atoms with E-state index in [1.54, 1.807) is 6.07 Å². The van der Waals surface area contributed by atoms with E-state index in [0.29, 0.717) is 11.3 Å². The maximum atomic E-state index is 12.5. The maximum absolute atomic E-state index is 12.5. The first-order valence-electron chi connectivity index (χ1n) is 4.45. The van der Waals surface area contributed by atoms with Crippen LogP contribution in [0.5, 0.6) is 0 Å². The van der Waals surface area contributed by atoms with Crippen molar-refractivity contribution in [2.75, 3.05) is 0 Å². The molecule has 17 heavy (non-hydrogen) atoms. The van der Waals surface area contributed by atoms with Gasteiger partial charge in [0, 0.05) is 11.8 Å². The van der Waals surface area contributed by atoms with Gasteiger partial charge < -0.3 is 0 Å². The fourth-order valence-corrected chi connectivity index (χ4v) is 2.08. The third kappa shape index (κ3) is 2.40. The summed E-state index contributed by atoms with van der Waals surface area (Å²) in [7, 11) is 0. The molecule has 0 amide bonds. The normalized spacial score (nSPS) is 11.8. The van der Waals surface area contributed by atoms with E-state index in [9.17, 15) is 13.2 Å². The monoisotopic (exact) mass is 280 g/mol. The van der Waals surface area contributed by atoms with Gasteiger partial charge >= 0.3 is 6.18 Å². The smallest absolute Gasteiger partial charge is 0.278 e. The number of aromatic nitrogens is 2. The van der Waals surface area contributed by atoms with Gasteiger partial charge in [0.1, 0.15) is 0 Å². The Hall–Kier alpha value is -1.20. The van der Waals surface area contributed by atoms with E-state index in [2.05, 4.69) is 10.2 Å². The number of rotatable bonds is 1. The van der Waals surface area contributed by atoms with Crippen LogP contribution in [0.4, 0.5) is 13.2 Å². The van der Waals surface area contributed by atoms with E-state index in [-0.39, 0.29) is 10.0 Å². The Balaban J connectivity index is 2.58. The molecule has 0 aliphatic rings. The molecule has 90 valence electrons. The summed E-state index contributed by atoms with van der Waals surface area (Å²) in [5.41, 5.74) is -0.108. The van der Waals surface area contributed by atoms with Gasteiger partial charge in [0.2, 0.25) is 0 Å². The third-order valence-corrected chi connectivity index (χ3v) is 2.74. The lowest BCUT2D eigenvalue weighted by Gasteiger charge is -2.11. The Kier molecular flexibility index (Phi) is 3.05. The number of hydrogen-bond donors (Lipinski definition) is 1. The van der Waals surface area contributed by atoms with Crippen molar-refractivity contribution in [3.63, 3.8) is 0 Å². The first kappa shape index (κ1) is 12.3. The highest BCUT2D eigenvalue weighted by Crippen LogP contribution is 2.39. The van der Waals surface area contributed by atoms with Gasteiger partial charge in [-0.15, -0.1) is 0 Å². The lowest BCUT2D eigenvalue weighted by molar-refractivity contribution is -0.137. The zero-order chi connectivity index (χ0) is 12.6. The lowest BCUT2D eigenvalue weighted by Crippen LogP contribution is -2.05. The number of benzene rings is 1. The average Bonchev–Trinajstić information content (AvgIpc) is 2.68. The molecule has 2 aromatic rings. The van der Waals surface area contributed by atoms with Gasteiger partial charge in [0.05, 0.1) is 21.3 Å². The molecule has 0 saturated carbocycles. The molecule has 1 aromatic carbocycles. The van der Waals surface area contributed by atoms with Crippen LogP contribution in [-0.4, -0.2) is 10.2 Å². The SMILES string of the molecule is FC(F)(F)c1cc(Cl)c(-c2ccn[nH]2)c(Cl)c1. The highest BCUT2D eigenvalue weighted by atomic mass is 35.5. The van der Waals surface area contributed by atoms with E-state index in [1.165, 1.54) is 6.20 Å². The van der Waals surface area contributed by atoms with E-state index in [4.69, 9.17) is 23.2 Å². The predicted octanol–water partition coefficient (Wildman–Crippen LogP) is 4.40. The van der Waals surface area contributed by atoms with Crippen molar-refractivity contribution in [2.45, 2.75) is 6.18 Å². The maximum Gasteiger partial charge on any atom is 0.416 e. The summed E-state index contributed by atoms with van der Waals surface area (Å²) < 4.78 is 37.5. The standard InChI is InChI=1S/C10H5Cl2F3N2/c11-6-3-5(10(13,14)15)4-7(12)9(6)8-1-2-16-17-8/h1-4H,(H,16,17). The van der Waals surface area contributed by atoms with Crippen LogP contribution < -0.4 is 0 Å². The summed E-state index contributed by atoms with van der Waals surface area (Å²) in [5.74, 6) is 0. The molecule has 0 fully saturated rings. The van der Waals surface area contributed by atoms with Gasteiger partial charge in [-0.1, -0.05) is 23.2 Å². The summed E-state index contributed by atoms with van der Waals surface area (Å²) >= 11 is 11.6. The molecule has 0 unspecified atom stereocenters. The van der Waals surface area contributed by atoms with Crippen LogP contribution in [0.2, 0.25) is 10.0 Å². The number of hydrogen-bond acceptors (Lipinski definition) is 1. The molecular weight excluding hydrogens is 276 g/mol. The largest absolute Gasteiger partial charge is 0.416 e. The topological polar surface area (TPSA) is 28.7 Å². The first-order chi connectivity index (χ1) is 7.89. The van der Waals surface area contributed by atoms with Crippen molar-refractivity contribution in [1.82, 2.24) is 10.2 Å². The fourth-order valence-electron chi connectivity index (χ4n) is 1.39. The van der Waals surface area contributed by atoms with Gasteiger partial charge in [-0.3, -0.25) is 5.10 Å². The van der Waals surface area contributed by atoms with E-state index < -0.39 is 11.7 Å². The van der Waals surface area contributed by atoms with Gasteiger partial charge in [-0.2, -0.15) is 18.3 Å². The molecule has 0 aliphatic heterocycles. The molecule has 0 aliphatic carbocycles. The number of H-pyrrole nitrogens is 1. The van der Waals surface area contributed by atoms with Gasteiger partial charge in [0.25, 0.3) is 0 Å². The molecule has 7 heteroatoms. The lowest BCUT2D eigenvalue weighted by atomic mass is 10.1. The Morgan fingerprint density at radius 3 is 2.12 bits per heavy atom. The van der Waals surface area contributed by atoms with Crippen molar-refractivity contribution >= 4 is 23.2 Å². The molecule has 1 heterocycles. The summed E-state index contributed by atoms with van der Waals surface area (Å²) in [6, 6.07) is 3.24. The van der Waals surface area contributed by atoms with Gasteiger partial charge in [-0.25, -0.2) is 0 Å². The second kappa shape index (κ2) is 4.23. The van der Waals surface area contributed by atoms with Gasteiger partial charge in [0.15, 0.2) is 0 Å². The minimum absolute atomic E-state index is 0.0749. The van der Waals surface area contributed by atoms with E-state index in [1.807, 2.05) is 0 Å². The Morgan fingerprint density at radius 2 is 1.71 bits per heavy atom. The fraction of sp³-hybridized carbons (Fsp3) is 0.100. The molecule has 0 saturated heterocycles. The molecule has 2 rings (SSSR count). The molecule has 2 nitrogen and oxygen atoms in total. The highest BCUT2D eigenvalue weighted by molar-refractivity contribution is 6.39. The first-order valence-corrected chi connectivity index (χ1v) is 5.21. The van der Waals surface area contributed by atoms with Crippen molar-refractivity contribution < 1.29 is 13.2 Å². The van der Waals surface area contributed by atoms with Crippen molar-refractivity contribution in [1.29, 1.82) is 0 Å². The second-order valence-electron chi connectivity index (χ2n) is 3.28. The molecule has 0 spiro atoms. The molecule has 0 atom stereocenters. The van der Waals surface area contributed by atoms with E-state index >= 15 is 0 Å². The zero-order valence-corrected chi connectivity index (χ0v) is 9.66. The van der Waals surface area contributed by atoms with Crippen molar-refractivity contribution in [3.05, 3.63) is 40.0 Å². The van der Waals surface area contributed by atoms with Crippen LogP contribution in [0.25, 0.3) is 11.3 Å². The van der Waals surface area contributed by atoms with Crippen LogP contribution in [-0.2, 0) is 6.18 Å². The quantitative estimate of drug-likeness (QED) is 0.824. The Bertz CT molecular complexity index is 512. The van der Waals surface area contributed by atoms with Crippen LogP contribution in [0.3, 0.4) is 0 Å².